The van der Waals surface area contributed by atoms with Crippen LogP contribution in [0.5, 0.6) is 0 Å². The van der Waals surface area contributed by atoms with E-state index in [0.29, 0.717) is 6.04 Å². The second-order valence-corrected chi connectivity index (χ2v) is 5.41. The Labute approximate surface area is 117 Å². The largest absolute Gasteiger partial charge is 0.328 e. The smallest absolute Gasteiger partial charge is 0.109 e. The summed E-state index contributed by atoms with van der Waals surface area (Å²) in [4.78, 5) is 7.33. The number of rotatable bonds is 6. The Morgan fingerprint density at radius 2 is 2.05 bits per heavy atom. The first-order chi connectivity index (χ1) is 9.21. The first-order valence-corrected chi connectivity index (χ1v) is 7.73. The maximum atomic E-state index is 4.83. The summed E-state index contributed by atoms with van der Waals surface area (Å²) in [5.74, 6) is 1.26. The Bertz CT molecular complexity index is 407. The molecule has 0 saturated carbocycles. The summed E-state index contributed by atoms with van der Waals surface area (Å²) in [6.07, 6.45) is 2.14. The van der Waals surface area contributed by atoms with Crippen LogP contribution < -0.4 is 5.32 Å². The van der Waals surface area contributed by atoms with Gasteiger partial charge in [0, 0.05) is 44.2 Å². The van der Waals surface area contributed by atoms with Crippen molar-refractivity contribution in [3.63, 3.8) is 0 Å². The minimum atomic E-state index is 0.518. The van der Waals surface area contributed by atoms with Gasteiger partial charge in [-0.05, 0) is 20.0 Å². The molecule has 1 aliphatic heterocycles. The number of nitrogens with zero attached hydrogens (tertiary/aromatic N) is 3. The van der Waals surface area contributed by atoms with Crippen molar-refractivity contribution in [1.29, 1.82) is 0 Å². The molecule has 1 N–H and O–H groups in total. The average molecular weight is 264 g/mol. The molecule has 1 aliphatic rings. The second kappa shape index (κ2) is 6.53. The summed E-state index contributed by atoms with van der Waals surface area (Å²) >= 11 is 0. The summed E-state index contributed by atoms with van der Waals surface area (Å²) < 4.78 is 2.51. The van der Waals surface area contributed by atoms with E-state index in [1.54, 1.807) is 0 Å². The van der Waals surface area contributed by atoms with Gasteiger partial charge in [0.25, 0.3) is 0 Å². The maximum Gasteiger partial charge on any atom is 0.109 e. The Morgan fingerprint density at radius 3 is 2.68 bits per heavy atom. The first kappa shape index (κ1) is 14.5. The van der Waals surface area contributed by atoms with Gasteiger partial charge in [-0.25, -0.2) is 4.98 Å². The van der Waals surface area contributed by atoms with Gasteiger partial charge in [-0.3, -0.25) is 0 Å². The van der Waals surface area contributed by atoms with E-state index in [2.05, 4.69) is 42.5 Å². The molecule has 4 heteroatoms. The Hall–Kier alpha value is -0.870. The van der Waals surface area contributed by atoms with E-state index in [0.717, 1.165) is 45.6 Å². The molecule has 0 spiro atoms. The van der Waals surface area contributed by atoms with Crippen LogP contribution in [0.2, 0.25) is 0 Å². The number of aryl methyl sites for hydroxylation is 1. The van der Waals surface area contributed by atoms with Crippen molar-refractivity contribution < 1.29 is 0 Å². The molecule has 108 valence electrons. The van der Waals surface area contributed by atoms with Gasteiger partial charge >= 0.3 is 0 Å². The SMILES string of the molecule is CCc1nc2c(n1C(C)CN(CC)CC)CCNC2. The molecule has 0 fully saturated rings. The standard InChI is InChI=1S/C15H28N4/c1-5-15-17-13-10-16-9-8-14(13)19(15)12(4)11-18(6-2)7-3/h12,16H,5-11H2,1-4H3. The van der Waals surface area contributed by atoms with Crippen LogP contribution in [0.1, 0.15) is 50.9 Å². The van der Waals surface area contributed by atoms with Gasteiger partial charge in [-0.2, -0.15) is 0 Å². The molecule has 0 radical (unpaired) electrons. The number of hydrogen-bond acceptors (Lipinski definition) is 3. The fourth-order valence-corrected chi connectivity index (χ4v) is 3.10. The minimum Gasteiger partial charge on any atom is -0.328 e. The van der Waals surface area contributed by atoms with Crippen LogP contribution in [0.3, 0.4) is 0 Å². The van der Waals surface area contributed by atoms with Crippen molar-refractivity contribution in [3.8, 4) is 0 Å². The molecule has 1 atom stereocenters. The lowest BCUT2D eigenvalue weighted by Crippen LogP contribution is -2.32. The lowest BCUT2D eigenvalue weighted by molar-refractivity contribution is 0.256. The van der Waals surface area contributed by atoms with Crippen LogP contribution in [0, 0.1) is 0 Å². The lowest BCUT2D eigenvalue weighted by Gasteiger charge is -2.27. The van der Waals surface area contributed by atoms with Gasteiger partial charge < -0.3 is 14.8 Å². The van der Waals surface area contributed by atoms with Crippen molar-refractivity contribution in [2.75, 3.05) is 26.2 Å². The molecule has 2 rings (SSSR count). The van der Waals surface area contributed by atoms with Crippen molar-refractivity contribution in [3.05, 3.63) is 17.2 Å². The van der Waals surface area contributed by atoms with Crippen LogP contribution in [-0.2, 0) is 19.4 Å². The first-order valence-electron chi connectivity index (χ1n) is 7.73. The number of imidazole rings is 1. The van der Waals surface area contributed by atoms with Crippen molar-refractivity contribution >= 4 is 0 Å². The summed E-state index contributed by atoms with van der Waals surface area (Å²) in [6.45, 7) is 14.4. The second-order valence-electron chi connectivity index (χ2n) is 5.41. The predicted molar refractivity (Wildman–Crippen MR) is 79.5 cm³/mol. The Morgan fingerprint density at radius 1 is 1.32 bits per heavy atom. The van der Waals surface area contributed by atoms with Crippen molar-refractivity contribution in [1.82, 2.24) is 19.8 Å². The van der Waals surface area contributed by atoms with E-state index in [4.69, 9.17) is 4.98 Å². The van der Waals surface area contributed by atoms with E-state index < -0.39 is 0 Å². The molecule has 0 aliphatic carbocycles. The fourth-order valence-electron chi connectivity index (χ4n) is 3.10. The van der Waals surface area contributed by atoms with Crippen molar-refractivity contribution in [2.45, 2.75) is 53.1 Å². The number of likely N-dealkylation sites (N-methyl/N-ethyl adjacent to an activating group) is 1. The fraction of sp³-hybridized carbons (Fsp3) is 0.800. The van der Waals surface area contributed by atoms with Gasteiger partial charge in [-0.15, -0.1) is 0 Å². The molecule has 0 aromatic carbocycles. The zero-order valence-electron chi connectivity index (χ0n) is 12.9. The summed E-state index contributed by atoms with van der Waals surface area (Å²) in [6, 6.07) is 0.518. The molecule has 1 aromatic heterocycles. The lowest BCUT2D eigenvalue weighted by atomic mass is 10.1. The highest BCUT2D eigenvalue weighted by molar-refractivity contribution is 5.21. The highest BCUT2D eigenvalue weighted by Crippen LogP contribution is 2.22. The van der Waals surface area contributed by atoms with E-state index >= 15 is 0 Å². The van der Waals surface area contributed by atoms with Gasteiger partial charge in [-0.1, -0.05) is 20.8 Å². The normalized spacial score (nSPS) is 16.7. The molecule has 1 unspecified atom stereocenters. The Balaban J connectivity index is 2.24. The van der Waals surface area contributed by atoms with E-state index in [1.807, 2.05) is 0 Å². The Kier molecular flexibility index (Phi) is 4.99. The van der Waals surface area contributed by atoms with E-state index in [-0.39, 0.29) is 0 Å². The molecule has 0 saturated heterocycles. The van der Waals surface area contributed by atoms with E-state index in [1.165, 1.54) is 17.2 Å². The minimum absolute atomic E-state index is 0.518. The summed E-state index contributed by atoms with van der Waals surface area (Å²) in [7, 11) is 0. The topological polar surface area (TPSA) is 33.1 Å². The number of nitrogens with one attached hydrogen (secondary N) is 1. The maximum absolute atomic E-state index is 4.83. The predicted octanol–water partition coefficient (Wildman–Crippen LogP) is 1.99. The van der Waals surface area contributed by atoms with Gasteiger partial charge in [0.2, 0.25) is 0 Å². The molecule has 19 heavy (non-hydrogen) atoms. The van der Waals surface area contributed by atoms with Crippen LogP contribution in [0.4, 0.5) is 0 Å². The van der Waals surface area contributed by atoms with Crippen LogP contribution in [0.15, 0.2) is 0 Å². The molecule has 4 nitrogen and oxygen atoms in total. The quantitative estimate of drug-likeness (QED) is 0.853. The third kappa shape index (κ3) is 3.00. The highest BCUT2D eigenvalue weighted by atomic mass is 15.2. The number of aromatic nitrogens is 2. The number of fused-ring (bicyclic) bond motifs is 1. The monoisotopic (exact) mass is 264 g/mol. The molecular formula is C15H28N4. The van der Waals surface area contributed by atoms with Gasteiger partial charge in [0.15, 0.2) is 0 Å². The highest BCUT2D eigenvalue weighted by Gasteiger charge is 2.22. The number of hydrogen-bond donors (Lipinski definition) is 1. The molecular weight excluding hydrogens is 236 g/mol. The van der Waals surface area contributed by atoms with Crippen LogP contribution in [-0.4, -0.2) is 40.6 Å². The zero-order chi connectivity index (χ0) is 13.8. The third-order valence-corrected chi connectivity index (χ3v) is 4.17. The third-order valence-electron chi connectivity index (χ3n) is 4.17. The van der Waals surface area contributed by atoms with Gasteiger partial charge in [0.1, 0.15) is 5.82 Å². The van der Waals surface area contributed by atoms with Crippen LogP contribution in [0.25, 0.3) is 0 Å². The van der Waals surface area contributed by atoms with E-state index in [9.17, 15) is 0 Å². The summed E-state index contributed by atoms with van der Waals surface area (Å²) in [5, 5.41) is 3.42. The summed E-state index contributed by atoms with van der Waals surface area (Å²) in [5.41, 5.74) is 2.74. The molecule has 1 aromatic rings. The van der Waals surface area contributed by atoms with Gasteiger partial charge in [0.05, 0.1) is 5.69 Å². The molecule has 0 bridgehead atoms. The average Bonchev–Trinajstić information content (AvgIpc) is 2.83. The van der Waals surface area contributed by atoms with Crippen molar-refractivity contribution in [2.24, 2.45) is 0 Å². The molecule has 2 heterocycles. The van der Waals surface area contributed by atoms with Crippen LogP contribution >= 0.6 is 0 Å². The zero-order valence-corrected chi connectivity index (χ0v) is 12.9. The molecule has 0 amide bonds.